The molecule has 0 aromatic rings. The number of piperidine rings is 1. The minimum Gasteiger partial charge on any atom is -0.348 e. The van der Waals surface area contributed by atoms with Crippen molar-refractivity contribution < 1.29 is 0 Å². The molecule has 1 N–H and O–H groups in total. The van der Waals surface area contributed by atoms with Crippen LogP contribution in [-0.4, -0.2) is 33.8 Å². The quantitative estimate of drug-likeness (QED) is 0.782. The summed E-state index contributed by atoms with van der Waals surface area (Å²) in [6.07, 6.45) is 2.79. The van der Waals surface area contributed by atoms with Crippen LogP contribution in [0.15, 0.2) is 0 Å². The summed E-state index contributed by atoms with van der Waals surface area (Å²) in [5.41, 5.74) is 0. The van der Waals surface area contributed by atoms with Gasteiger partial charge in [-0.25, -0.2) is 0 Å². The van der Waals surface area contributed by atoms with Crippen LogP contribution < -0.4 is 4.65 Å². The molecular weight excluding hydrogens is 228 g/mol. The van der Waals surface area contributed by atoms with Gasteiger partial charge in [-0.1, -0.05) is 33.5 Å². The SMILES string of the molecule is CC1CCC(C)N([Si](C)(C)N[Si](C)(C)C)C1. The van der Waals surface area contributed by atoms with Crippen molar-refractivity contribution in [2.45, 2.75) is 65.5 Å². The fourth-order valence-corrected chi connectivity index (χ4v) is 13.0. The molecule has 4 heteroatoms. The van der Waals surface area contributed by atoms with E-state index in [1.165, 1.54) is 19.4 Å². The van der Waals surface area contributed by atoms with E-state index in [-0.39, 0.29) is 0 Å². The first-order valence-corrected chi connectivity index (χ1v) is 13.1. The first kappa shape index (κ1) is 14.4. The Labute approximate surface area is 104 Å². The highest BCUT2D eigenvalue weighted by molar-refractivity contribution is 6.89. The second-order valence-corrected chi connectivity index (χ2v) is 16.3. The summed E-state index contributed by atoms with van der Waals surface area (Å²) in [5, 5.41) is 0. The molecule has 0 aromatic carbocycles. The predicted molar refractivity (Wildman–Crippen MR) is 78.5 cm³/mol. The highest BCUT2D eigenvalue weighted by atomic mass is 28.4. The second kappa shape index (κ2) is 4.92. The van der Waals surface area contributed by atoms with E-state index in [0.717, 1.165) is 12.0 Å². The topological polar surface area (TPSA) is 15.3 Å². The molecule has 1 saturated heterocycles. The molecule has 1 heterocycles. The average molecular weight is 259 g/mol. The Morgan fingerprint density at radius 2 is 1.56 bits per heavy atom. The molecule has 0 amide bonds. The first-order chi connectivity index (χ1) is 7.12. The number of rotatable bonds is 3. The van der Waals surface area contributed by atoms with E-state index in [1.807, 2.05) is 0 Å². The predicted octanol–water partition coefficient (Wildman–Crippen LogP) is 3.23. The zero-order valence-electron chi connectivity index (χ0n) is 12.2. The van der Waals surface area contributed by atoms with Crippen molar-refractivity contribution in [2.24, 2.45) is 5.92 Å². The number of nitrogens with zero attached hydrogens (tertiary/aromatic N) is 1. The average Bonchev–Trinajstić information content (AvgIpc) is 2.04. The lowest BCUT2D eigenvalue weighted by Gasteiger charge is -2.48. The van der Waals surface area contributed by atoms with Gasteiger partial charge in [0, 0.05) is 6.04 Å². The third-order valence-electron chi connectivity index (χ3n) is 3.52. The Morgan fingerprint density at radius 1 is 1.00 bits per heavy atom. The van der Waals surface area contributed by atoms with Gasteiger partial charge in [-0.05, 0) is 38.4 Å². The van der Waals surface area contributed by atoms with E-state index in [9.17, 15) is 0 Å². The van der Waals surface area contributed by atoms with Gasteiger partial charge >= 0.3 is 0 Å². The fraction of sp³-hybridized carbons (Fsp3) is 1.00. The van der Waals surface area contributed by atoms with Gasteiger partial charge in [-0.3, -0.25) is 0 Å². The molecule has 0 radical (unpaired) electrons. The minimum absolute atomic E-state index is 0.779. The standard InChI is InChI=1S/C12H30N2Si2/c1-11-8-9-12(2)14(10-11)16(6,7)13-15(3,4)5/h11-13H,8-10H2,1-7H3. The Hall–Kier alpha value is 0.354. The van der Waals surface area contributed by atoms with Crippen molar-refractivity contribution in [3.05, 3.63) is 0 Å². The summed E-state index contributed by atoms with van der Waals surface area (Å²) in [7, 11) is -2.56. The third-order valence-corrected chi connectivity index (χ3v) is 11.0. The van der Waals surface area contributed by atoms with Gasteiger partial charge in [0.05, 0.1) is 0 Å². The van der Waals surface area contributed by atoms with Gasteiger partial charge < -0.3 is 9.21 Å². The highest BCUT2D eigenvalue weighted by Crippen LogP contribution is 2.26. The Balaban J connectivity index is 2.72. The maximum Gasteiger partial charge on any atom is 0.191 e. The lowest BCUT2D eigenvalue weighted by molar-refractivity contribution is 0.207. The lowest BCUT2D eigenvalue weighted by atomic mass is 9.97. The van der Waals surface area contributed by atoms with E-state index < -0.39 is 16.6 Å². The molecule has 0 aliphatic carbocycles. The number of hydrogen-bond acceptors (Lipinski definition) is 2. The van der Waals surface area contributed by atoms with Gasteiger partial charge in [0.15, 0.2) is 8.40 Å². The molecule has 0 saturated carbocycles. The summed E-state index contributed by atoms with van der Waals surface area (Å²) in [4.78, 5) is 0. The smallest absolute Gasteiger partial charge is 0.191 e. The molecular formula is C12H30N2Si2. The summed E-state index contributed by atoms with van der Waals surface area (Å²) in [6, 6.07) is 0.779. The Bertz CT molecular complexity index is 236. The van der Waals surface area contributed by atoms with E-state index in [4.69, 9.17) is 0 Å². The van der Waals surface area contributed by atoms with Gasteiger partial charge in [0.2, 0.25) is 0 Å². The maximum absolute atomic E-state index is 4.02. The molecule has 0 spiro atoms. The van der Waals surface area contributed by atoms with Crippen molar-refractivity contribution in [1.29, 1.82) is 0 Å². The molecule has 1 aliphatic rings. The van der Waals surface area contributed by atoms with Crippen molar-refractivity contribution in [3.8, 4) is 0 Å². The van der Waals surface area contributed by atoms with Crippen LogP contribution >= 0.6 is 0 Å². The molecule has 1 rings (SSSR count). The third kappa shape index (κ3) is 3.98. The molecule has 2 nitrogen and oxygen atoms in total. The molecule has 0 bridgehead atoms. The zero-order valence-corrected chi connectivity index (χ0v) is 14.2. The largest absolute Gasteiger partial charge is 0.348 e. The fourth-order valence-electron chi connectivity index (χ4n) is 3.06. The van der Waals surface area contributed by atoms with Crippen LogP contribution in [0.1, 0.15) is 26.7 Å². The molecule has 2 atom stereocenters. The van der Waals surface area contributed by atoms with Crippen LogP contribution in [0.25, 0.3) is 0 Å². The summed E-state index contributed by atoms with van der Waals surface area (Å²) in [6.45, 7) is 18.3. The molecule has 1 fully saturated rings. The Morgan fingerprint density at radius 3 is 2.06 bits per heavy atom. The number of hydrogen-bond donors (Lipinski definition) is 1. The first-order valence-electron chi connectivity index (χ1n) is 6.68. The van der Waals surface area contributed by atoms with Gasteiger partial charge in [-0.2, -0.15) is 0 Å². The van der Waals surface area contributed by atoms with E-state index >= 15 is 0 Å². The van der Waals surface area contributed by atoms with E-state index in [1.54, 1.807) is 0 Å². The monoisotopic (exact) mass is 258 g/mol. The van der Waals surface area contributed by atoms with Gasteiger partial charge in [-0.15, -0.1) is 0 Å². The van der Waals surface area contributed by atoms with Gasteiger partial charge in [0.1, 0.15) is 8.24 Å². The zero-order chi connectivity index (χ0) is 12.6. The van der Waals surface area contributed by atoms with Crippen LogP contribution in [0.3, 0.4) is 0 Å². The van der Waals surface area contributed by atoms with Crippen molar-refractivity contribution >= 4 is 16.6 Å². The van der Waals surface area contributed by atoms with Crippen LogP contribution in [0, 0.1) is 5.92 Å². The molecule has 0 aromatic heterocycles. The van der Waals surface area contributed by atoms with Gasteiger partial charge in [0.25, 0.3) is 0 Å². The molecule has 96 valence electrons. The van der Waals surface area contributed by atoms with Crippen molar-refractivity contribution in [2.75, 3.05) is 6.54 Å². The minimum atomic E-state index is -1.40. The summed E-state index contributed by atoms with van der Waals surface area (Å²) in [5.74, 6) is 0.881. The second-order valence-electron chi connectivity index (χ2n) is 7.12. The summed E-state index contributed by atoms with van der Waals surface area (Å²) >= 11 is 0. The highest BCUT2D eigenvalue weighted by Gasteiger charge is 2.38. The molecule has 1 aliphatic heterocycles. The van der Waals surface area contributed by atoms with Crippen LogP contribution in [0.2, 0.25) is 32.7 Å². The van der Waals surface area contributed by atoms with Crippen molar-refractivity contribution in [1.82, 2.24) is 9.21 Å². The van der Waals surface area contributed by atoms with Crippen LogP contribution in [0.4, 0.5) is 0 Å². The van der Waals surface area contributed by atoms with Crippen molar-refractivity contribution in [3.63, 3.8) is 0 Å². The lowest BCUT2D eigenvalue weighted by Crippen LogP contribution is -2.69. The number of nitrogens with one attached hydrogen (secondary N) is 1. The van der Waals surface area contributed by atoms with Crippen LogP contribution in [0.5, 0.6) is 0 Å². The molecule has 2 unspecified atom stereocenters. The normalized spacial score (nSPS) is 29.4. The summed E-state index contributed by atoms with van der Waals surface area (Å²) < 4.78 is 6.82. The van der Waals surface area contributed by atoms with E-state index in [0.29, 0.717) is 0 Å². The molecule has 16 heavy (non-hydrogen) atoms. The van der Waals surface area contributed by atoms with E-state index in [2.05, 4.69) is 55.8 Å². The Kier molecular flexibility index (Phi) is 4.43. The maximum atomic E-state index is 4.02. The van der Waals surface area contributed by atoms with Crippen LogP contribution in [-0.2, 0) is 0 Å².